The zero-order chi connectivity index (χ0) is 20.4. The monoisotopic (exact) mass is 388 g/mol. The number of carbonyl (C=O) groups excluding carboxylic acids is 2. The van der Waals surface area contributed by atoms with Crippen molar-refractivity contribution in [2.24, 2.45) is 0 Å². The summed E-state index contributed by atoms with van der Waals surface area (Å²) < 4.78 is 0. The van der Waals surface area contributed by atoms with Crippen molar-refractivity contribution in [3.63, 3.8) is 0 Å². The standard InChI is InChI=1S/C24H24N2O3/c1-17-16-25(23(28)19-8-3-2-4-9-19)13-14-26(17)24(29)22(27)21-12-11-18-7-5-6-10-20(18)15-21/h2-12,15,17,22,27H,13-14,16H2,1H3. The molecule has 0 aliphatic carbocycles. The third-order valence-electron chi connectivity index (χ3n) is 5.54. The Morgan fingerprint density at radius 3 is 2.34 bits per heavy atom. The molecule has 0 radical (unpaired) electrons. The zero-order valence-electron chi connectivity index (χ0n) is 16.4. The van der Waals surface area contributed by atoms with Crippen molar-refractivity contribution < 1.29 is 14.7 Å². The number of piperazine rings is 1. The molecule has 29 heavy (non-hydrogen) atoms. The molecular formula is C24H24N2O3. The van der Waals surface area contributed by atoms with E-state index in [1.807, 2.05) is 61.5 Å². The van der Waals surface area contributed by atoms with Crippen LogP contribution in [-0.2, 0) is 4.79 Å². The first kappa shape index (κ1) is 19.2. The highest BCUT2D eigenvalue weighted by molar-refractivity contribution is 5.94. The first-order chi connectivity index (χ1) is 14.0. The predicted molar refractivity (Wildman–Crippen MR) is 112 cm³/mol. The Kier molecular flexibility index (Phi) is 5.32. The smallest absolute Gasteiger partial charge is 0.256 e. The summed E-state index contributed by atoms with van der Waals surface area (Å²) in [6.45, 7) is 3.22. The molecular weight excluding hydrogens is 364 g/mol. The van der Waals surface area contributed by atoms with E-state index in [2.05, 4.69) is 0 Å². The summed E-state index contributed by atoms with van der Waals surface area (Å²) in [5.74, 6) is -0.348. The van der Waals surface area contributed by atoms with E-state index in [0.29, 0.717) is 30.8 Å². The third-order valence-corrected chi connectivity index (χ3v) is 5.54. The number of hydrogen-bond donors (Lipinski definition) is 1. The van der Waals surface area contributed by atoms with Gasteiger partial charge in [0.1, 0.15) is 0 Å². The number of fused-ring (bicyclic) bond motifs is 1. The van der Waals surface area contributed by atoms with E-state index in [0.717, 1.165) is 10.8 Å². The largest absolute Gasteiger partial charge is 0.378 e. The molecule has 1 saturated heterocycles. The minimum atomic E-state index is -1.21. The molecule has 1 N–H and O–H groups in total. The Morgan fingerprint density at radius 1 is 0.931 bits per heavy atom. The Hall–Kier alpha value is -3.18. The summed E-state index contributed by atoms with van der Waals surface area (Å²) in [7, 11) is 0. The Balaban J connectivity index is 1.45. The van der Waals surface area contributed by atoms with E-state index in [4.69, 9.17) is 0 Å². The predicted octanol–water partition coefficient (Wildman–Crippen LogP) is 3.25. The molecule has 148 valence electrons. The van der Waals surface area contributed by atoms with Crippen molar-refractivity contribution in [2.75, 3.05) is 19.6 Å². The summed E-state index contributed by atoms with van der Waals surface area (Å²) >= 11 is 0. The Bertz CT molecular complexity index is 1030. The molecule has 1 heterocycles. The normalized spacial score (nSPS) is 17.9. The molecule has 0 spiro atoms. The lowest BCUT2D eigenvalue weighted by atomic mass is 10.0. The lowest BCUT2D eigenvalue weighted by Crippen LogP contribution is -2.56. The lowest BCUT2D eigenvalue weighted by Gasteiger charge is -2.40. The van der Waals surface area contributed by atoms with Crippen LogP contribution < -0.4 is 0 Å². The van der Waals surface area contributed by atoms with Crippen molar-refractivity contribution in [3.8, 4) is 0 Å². The molecule has 3 aromatic rings. The van der Waals surface area contributed by atoms with Crippen LogP contribution in [0.3, 0.4) is 0 Å². The van der Waals surface area contributed by atoms with Crippen molar-refractivity contribution in [1.29, 1.82) is 0 Å². The van der Waals surface area contributed by atoms with E-state index in [1.54, 1.807) is 28.0 Å². The number of hydrogen-bond acceptors (Lipinski definition) is 3. The fourth-order valence-electron chi connectivity index (χ4n) is 3.91. The molecule has 4 rings (SSSR count). The van der Waals surface area contributed by atoms with Crippen molar-refractivity contribution >= 4 is 22.6 Å². The lowest BCUT2D eigenvalue weighted by molar-refractivity contribution is -0.144. The summed E-state index contributed by atoms with van der Waals surface area (Å²) in [4.78, 5) is 29.1. The van der Waals surface area contributed by atoms with Gasteiger partial charge in [-0.15, -0.1) is 0 Å². The van der Waals surface area contributed by atoms with Gasteiger partial charge in [-0.05, 0) is 41.5 Å². The van der Waals surface area contributed by atoms with E-state index >= 15 is 0 Å². The molecule has 0 aromatic heterocycles. The van der Waals surface area contributed by atoms with Crippen LogP contribution >= 0.6 is 0 Å². The number of benzene rings is 3. The molecule has 2 unspecified atom stereocenters. The molecule has 5 heteroatoms. The number of rotatable bonds is 3. The summed E-state index contributed by atoms with van der Waals surface area (Å²) in [6, 6.07) is 22.4. The van der Waals surface area contributed by atoms with Gasteiger partial charge in [0.2, 0.25) is 0 Å². The second-order valence-corrected chi connectivity index (χ2v) is 7.51. The minimum Gasteiger partial charge on any atom is -0.378 e. The third kappa shape index (κ3) is 3.87. The molecule has 1 fully saturated rings. The van der Waals surface area contributed by atoms with Crippen LogP contribution in [0.4, 0.5) is 0 Å². The van der Waals surface area contributed by atoms with Gasteiger partial charge in [0.25, 0.3) is 11.8 Å². The highest BCUT2D eigenvalue weighted by atomic mass is 16.3. The van der Waals surface area contributed by atoms with Crippen LogP contribution in [-0.4, -0.2) is 52.4 Å². The first-order valence-corrected chi connectivity index (χ1v) is 9.86. The molecule has 2 atom stereocenters. The Morgan fingerprint density at radius 2 is 1.62 bits per heavy atom. The number of amides is 2. The van der Waals surface area contributed by atoms with Crippen LogP contribution in [0.5, 0.6) is 0 Å². The SMILES string of the molecule is CC1CN(C(=O)c2ccccc2)CCN1C(=O)C(O)c1ccc2ccccc2c1. The fourth-order valence-corrected chi connectivity index (χ4v) is 3.91. The summed E-state index contributed by atoms with van der Waals surface area (Å²) in [5, 5.41) is 12.8. The van der Waals surface area contributed by atoms with Crippen molar-refractivity contribution in [1.82, 2.24) is 9.80 Å². The van der Waals surface area contributed by atoms with Crippen LogP contribution in [0, 0.1) is 0 Å². The van der Waals surface area contributed by atoms with Crippen LogP contribution in [0.25, 0.3) is 10.8 Å². The molecule has 0 saturated carbocycles. The highest BCUT2D eigenvalue weighted by Crippen LogP contribution is 2.24. The second-order valence-electron chi connectivity index (χ2n) is 7.51. The van der Waals surface area contributed by atoms with Gasteiger partial charge in [0.15, 0.2) is 6.10 Å². The maximum absolute atomic E-state index is 13.0. The number of carbonyl (C=O) groups is 2. The van der Waals surface area contributed by atoms with Gasteiger partial charge < -0.3 is 14.9 Å². The average molecular weight is 388 g/mol. The van der Waals surface area contributed by atoms with E-state index < -0.39 is 6.10 Å². The fraction of sp³-hybridized carbons (Fsp3) is 0.250. The van der Waals surface area contributed by atoms with Crippen LogP contribution in [0.2, 0.25) is 0 Å². The van der Waals surface area contributed by atoms with E-state index in [1.165, 1.54) is 0 Å². The van der Waals surface area contributed by atoms with Crippen LogP contribution in [0.15, 0.2) is 72.8 Å². The van der Waals surface area contributed by atoms with Gasteiger partial charge in [-0.1, -0.05) is 54.6 Å². The molecule has 5 nitrogen and oxygen atoms in total. The number of nitrogens with zero attached hydrogens (tertiary/aromatic N) is 2. The van der Waals surface area contributed by atoms with Crippen LogP contribution in [0.1, 0.15) is 28.9 Å². The molecule has 1 aliphatic rings. The van der Waals surface area contributed by atoms with Gasteiger partial charge in [-0.3, -0.25) is 9.59 Å². The Labute approximate surface area is 170 Å². The van der Waals surface area contributed by atoms with Gasteiger partial charge in [0, 0.05) is 31.2 Å². The zero-order valence-corrected chi connectivity index (χ0v) is 16.4. The van der Waals surface area contributed by atoms with Gasteiger partial charge >= 0.3 is 0 Å². The summed E-state index contributed by atoms with van der Waals surface area (Å²) in [6.07, 6.45) is -1.21. The molecule has 3 aromatic carbocycles. The number of aliphatic hydroxyl groups excluding tert-OH is 1. The van der Waals surface area contributed by atoms with Crippen molar-refractivity contribution in [3.05, 3.63) is 83.9 Å². The van der Waals surface area contributed by atoms with Crippen molar-refractivity contribution in [2.45, 2.75) is 19.1 Å². The molecule has 0 bridgehead atoms. The quantitative estimate of drug-likeness (QED) is 0.749. The second kappa shape index (κ2) is 8.05. The van der Waals surface area contributed by atoms with E-state index in [9.17, 15) is 14.7 Å². The maximum atomic E-state index is 13.0. The average Bonchev–Trinajstić information content (AvgIpc) is 2.77. The van der Waals surface area contributed by atoms with E-state index in [-0.39, 0.29) is 17.9 Å². The maximum Gasteiger partial charge on any atom is 0.256 e. The summed E-state index contributed by atoms with van der Waals surface area (Å²) in [5.41, 5.74) is 1.24. The molecule has 1 aliphatic heterocycles. The molecule has 2 amide bonds. The highest BCUT2D eigenvalue weighted by Gasteiger charge is 2.33. The van der Waals surface area contributed by atoms with Gasteiger partial charge in [-0.2, -0.15) is 0 Å². The topological polar surface area (TPSA) is 60.9 Å². The van der Waals surface area contributed by atoms with Gasteiger partial charge in [-0.25, -0.2) is 0 Å². The van der Waals surface area contributed by atoms with Gasteiger partial charge in [0.05, 0.1) is 0 Å². The minimum absolute atomic E-state index is 0.0281. The first-order valence-electron chi connectivity index (χ1n) is 9.86. The number of aliphatic hydroxyl groups is 1.